The van der Waals surface area contributed by atoms with Gasteiger partial charge in [0, 0.05) is 12.1 Å². The van der Waals surface area contributed by atoms with E-state index in [1.54, 1.807) is 0 Å². The number of rotatable bonds is 3. The van der Waals surface area contributed by atoms with Crippen LogP contribution in [0.1, 0.15) is 40.8 Å². The first kappa shape index (κ1) is 15.3. The average Bonchev–Trinajstić information content (AvgIpc) is 3.03. The normalized spacial score (nSPS) is 18.4. The lowest BCUT2D eigenvalue weighted by molar-refractivity contribution is 0.174. The van der Waals surface area contributed by atoms with E-state index in [9.17, 15) is 0 Å². The SMILES string of the molecule is CCOc1cc(C)c(C)cc1C1NCCc2cc3c(cc21)OCO3. The minimum Gasteiger partial charge on any atom is -0.494 e. The highest BCUT2D eigenvalue weighted by atomic mass is 16.7. The second kappa shape index (κ2) is 6.02. The van der Waals surface area contributed by atoms with Gasteiger partial charge in [-0.15, -0.1) is 0 Å². The molecule has 0 saturated heterocycles. The quantitative estimate of drug-likeness (QED) is 0.935. The van der Waals surface area contributed by atoms with Crippen molar-refractivity contribution >= 4 is 0 Å². The monoisotopic (exact) mass is 325 g/mol. The maximum Gasteiger partial charge on any atom is 0.231 e. The summed E-state index contributed by atoms with van der Waals surface area (Å²) in [5, 5.41) is 3.65. The molecule has 4 nitrogen and oxygen atoms in total. The van der Waals surface area contributed by atoms with Crippen LogP contribution in [-0.4, -0.2) is 19.9 Å². The van der Waals surface area contributed by atoms with Gasteiger partial charge in [-0.05, 0) is 67.6 Å². The number of benzene rings is 2. The molecule has 0 saturated carbocycles. The number of hydrogen-bond acceptors (Lipinski definition) is 4. The molecule has 0 amide bonds. The minimum atomic E-state index is 0.115. The second-order valence-electron chi connectivity index (χ2n) is 6.45. The van der Waals surface area contributed by atoms with Crippen LogP contribution >= 0.6 is 0 Å². The largest absolute Gasteiger partial charge is 0.494 e. The molecule has 0 spiro atoms. The fraction of sp³-hybridized carbons (Fsp3) is 0.400. The van der Waals surface area contributed by atoms with Crippen LogP contribution in [0.5, 0.6) is 17.2 Å². The van der Waals surface area contributed by atoms with Gasteiger partial charge in [0.25, 0.3) is 0 Å². The molecule has 0 fully saturated rings. The summed E-state index contributed by atoms with van der Waals surface area (Å²) in [4.78, 5) is 0. The highest BCUT2D eigenvalue weighted by Gasteiger charge is 2.28. The molecular formula is C20H23NO3. The van der Waals surface area contributed by atoms with Crippen molar-refractivity contribution in [1.82, 2.24) is 5.32 Å². The van der Waals surface area contributed by atoms with E-state index in [-0.39, 0.29) is 6.04 Å². The lowest BCUT2D eigenvalue weighted by Crippen LogP contribution is -2.31. The van der Waals surface area contributed by atoms with Gasteiger partial charge in [-0.2, -0.15) is 0 Å². The van der Waals surface area contributed by atoms with Gasteiger partial charge < -0.3 is 19.5 Å². The van der Waals surface area contributed by atoms with Crippen molar-refractivity contribution in [2.75, 3.05) is 19.9 Å². The van der Waals surface area contributed by atoms with E-state index < -0.39 is 0 Å². The van der Waals surface area contributed by atoms with Crippen LogP contribution in [0.25, 0.3) is 0 Å². The van der Waals surface area contributed by atoms with E-state index in [4.69, 9.17) is 14.2 Å². The van der Waals surface area contributed by atoms with Crippen molar-refractivity contribution in [2.45, 2.75) is 33.2 Å². The zero-order valence-electron chi connectivity index (χ0n) is 14.4. The van der Waals surface area contributed by atoms with Gasteiger partial charge in [0.1, 0.15) is 5.75 Å². The number of fused-ring (bicyclic) bond motifs is 2. The Morgan fingerprint density at radius 1 is 1.04 bits per heavy atom. The smallest absolute Gasteiger partial charge is 0.231 e. The molecule has 0 bridgehead atoms. The molecule has 1 unspecified atom stereocenters. The summed E-state index contributed by atoms with van der Waals surface area (Å²) in [5.41, 5.74) is 6.31. The maximum absolute atomic E-state index is 5.94. The Balaban J connectivity index is 1.83. The van der Waals surface area contributed by atoms with Crippen molar-refractivity contribution in [3.05, 3.63) is 52.1 Å². The van der Waals surface area contributed by atoms with Gasteiger partial charge in [-0.3, -0.25) is 0 Å². The Bertz CT molecular complexity index is 785. The molecule has 1 N–H and O–H groups in total. The maximum atomic E-state index is 5.94. The Hall–Kier alpha value is -2.20. The predicted octanol–water partition coefficient (Wildman–Crippen LogP) is 3.67. The summed E-state index contributed by atoms with van der Waals surface area (Å²) in [6, 6.07) is 8.77. The highest BCUT2D eigenvalue weighted by Crippen LogP contribution is 2.42. The van der Waals surface area contributed by atoms with Crippen LogP contribution in [-0.2, 0) is 6.42 Å². The van der Waals surface area contributed by atoms with Crippen molar-refractivity contribution < 1.29 is 14.2 Å². The van der Waals surface area contributed by atoms with Crippen LogP contribution in [0.2, 0.25) is 0 Å². The zero-order chi connectivity index (χ0) is 16.7. The summed E-state index contributed by atoms with van der Waals surface area (Å²) in [5.74, 6) is 2.66. The van der Waals surface area contributed by atoms with E-state index in [1.807, 2.05) is 6.92 Å². The molecule has 0 radical (unpaired) electrons. The third-order valence-electron chi connectivity index (χ3n) is 4.93. The Morgan fingerprint density at radius 3 is 2.58 bits per heavy atom. The second-order valence-corrected chi connectivity index (χ2v) is 6.45. The van der Waals surface area contributed by atoms with Crippen LogP contribution in [0.3, 0.4) is 0 Å². The first-order valence-electron chi connectivity index (χ1n) is 8.57. The van der Waals surface area contributed by atoms with E-state index in [1.165, 1.54) is 27.8 Å². The standard InChI is InChI=1S/C20H23NO3/c1-4-22-17-8-13(3)12(2)7-16(17)20-15-10-19-18(23-11-24-19)9-14(15)5-6-21-20/h7-10,20-21H,4-6,11H2,1-3H3. The molecule has 2 heterocycles. The van der Waals surface area contributed by atoms with Gasteiger partial charge in [-0.25, -0.2) is 0 Å². The van der Waals surface area contributed by atoms with Gasteiger partial charge in [0.05, 0.1) is 12.6 Å². The van der Waals surface area contributed by atoms with E-state index >= 15 is 0 Å². The summed E-state index contributed by atoms with van der Waals surface area (Å²) in [7, 11) is 0. The molecule has 0 aliphatic carbocycles. The molecule has 126 valence electrons. The minimum absolute atomic E-state index is 0.115. The Kier molecular flexibility index (Phi) is 3.85. The first-order valence-corrected chi connectivity index (χ1v) is 8.57. The molecule has 4 rings (SSSR count). The van der Waals surface area contributed by atoms with Crippen molar-refractivity contribution in [2.24, 2.45) is 0 Å². The predicted molar refractivity (Wildman–Crippen MR) is 93.2 cm³/mol. The fourth-order valence-electron chi connectivity index (χ4n) is 3.54. The summed E-state index contributed by atoms with van der Waals surface area (Å²) in [6.07, 6.45) is 0.997. The van der Waals surface area contributed by atoms with E-state index in [0.717, 1.165) is 30.2 Å². The molecule has 2 aliphatic heterocycles. The Morgan fingerprint density at radius 2 is 1.79 bits per heavy atom. The summed E-state index contributed by atoms with van der Waals surface area (Å²) < 4.78 is 17.1. The van der Waals surface area contributed by atoms with Crippen LogP contribution in [0, 0.1) is 13.8 Å². The van der Waals surface area contributed by atoms with Crippen molar-refractivity contribution in [3.8, 4) is 17.2 Å². The Labute approximate surface area is 142 Å². The van der Waals surface area contributed by atoms with Crippen LogP contribution in [0.15, 0.2) is 24.3 Å². The van der Waals surface area contributed by atoms with Gasteiger partial charge in [0.2, 0.25) is 6.79 Å². The molecular weight excluding hydrogens is 302 g/mol. The molecule has 2 aromatic carbocycles. The first-order chi connectivity index (χ1) is 11.7. The third-order valence-corrected chi connectivity index (χ3v) is 4.93. The lowest BCUT2D eigenvalue weighted by atomic mass is 9.87. The highest BCUT2D eigenvalue weighted by molar-refractivity contribution is 5.55. The summed E-state index contributed by atoms with van der Waals surface area (Å²) in [6.45, 7) is 8.22. The van der Waals surface area contributed by atoms with E-state index in [0.29, 0.717) is 13.4 Å². The van der Waals surface area contributed by atoms with Crippen molar-refractivity contribution in [3.63, 3.8) is 0 Å². The van der Waals surface area contributed by atoms with Gasteiger partial charge >= 0.3 is 0 Å². The van der Waals surface area contributed by atoms with Crippen LogP contribution in [0.4, 0.5) is 0 Å². The molecule has 2 aromatic rings. The average molecular weight is 325 g/mol. The number of hydrogen-bond donors (Lipinski definition) is 1. The van der Waals surface area contributed by atoms with Gasteiger partial charge in [-0.1, -0.05) is 6.07 Å². The molecule has 1 atom stereocenters. The van der Waals surface area contributed by atoms with Crippen molar-refractivity contribution in [1.29, 1.82) is 0 Å². The lowest BCUT2D eigenvalue weighted by Gasteiger charge is -2.29. The molecule has 2 aliphatic rings. The zero-order valence-corrected chi connectivity index (χ0v) is 14.4. The molecule has 4 heteroatoms. The topological polar surface area (TPSA) is 39.7 Å². The number of aryl methyl sites for hydroxylation is 2. The summed E-state index contributed by atoms with van der Waals surface area (Å²) >= 11 is 0. The van der Waals surface area contributed by atoms with E-state index in [2.05, 4.69) is 43.4 Å². The van der Waals surface area contributed by atoms with Crippen LogP contribution < -0.4 is 19.5 Å². The third kappa shape index (κ3) is 2.51. The van der Waals surface area contributed by atoms with Gasteiger partial charge in [0.15, 0.2) is 11.5 Å². The number of nitrogens with one attached hydrogen (secondary N) is 1. The fourth-order valence-corrected chi connectivity index (χ4v) is 3.54. The molecule has 0 aromatic heterocycles. The molecule has 24 heavy (non-hydrogen) atoms. The number of ether oxygens (including phenoxy) is 3.